The van der Waals surface area contributed by atoms with Gasteiger partial charge in [0.05, 0.1) is 4.90 Å². The molecule has 0 spiro atoms. The van der Waals surface area contributed by atoms with Crippen LogP contribution in [0.1, 0.15) is 12.8 Å². The Kier molecular flexibility index (Phi) is 5.69. The fraction of sp³-hybridized carbons (Fsp3) is 0.273. The highest BCUT2D eigenvalue weighted by Gasteiger charge is 2.40. The van der Waals surface area contributed by atoms with Gasteiger partial charge in [0.15, 0.2) is 16.3 Å². The zero-order valence-electron chi connectivity index (χ0n) is 17.6. The summed E-state index contributed by atoms with van der Waals surface area (Å²) in [4.78, 5) is 16.1. The number of hydrogen-bond acceptors (Lipinski definition) is 6. The SMILES string of the molecule is O=C(Nc1cccc(-n2cc[nH]c2=S)c1)[C@H]1CCCN1S(=O)(=O)c1ccc2c(c1)OCCO2. The third-order valence-electron chi connectivity index (χ3n) is 5.67. The highest BCUT2D eigenvalue weighted by atomic mass is 32.2. The number of nitrogens with one attached hydrogen (secondary N) is 2. The molecule has 2 aromatic carbocycles. The molecule has 2 aliphatic rings. The van der Waals surface area contributed by atoms with Gasteiger partial charge in [0.25, 0.3) is 0 Å². The molecule has 0 unspecified atom stereocenters. The second kappa shape index (κ2) is 8.65. The minimum atomic E-state index is -3.89. The fourth-order valence-corrected chi connectivity index (χ4v) is 6.00. The van der Waals surface area contributed by atoms with Crippen LogP contribution >= 0.6 is 12.2 Å². The molecule has 3 heterocycles. The Balaban J connectivity index is 1.37. The van der Waals surface area contributed by atoms with Crippen LogP contribution in [0.4, 0.5) is 5.69 Å². The van der Waals surface area contributed by atoms with Crippen LogP contribution in [0.3, 0.4) is 0 Å². The van der Waals surface area contributed by atoms with Crippen molar-refractivity contribution in [3.05, 3.63) is 59.6 Å². The summed E-state index contributed by atoms with van der Waals surface area (Å²) in [5, 5.41) is 2.86. The topological polar surface area (TPSA) is 106 Å². The van der Waals surface area contributed by atoms with Crippen LogP contribution in [-0.2, 0) is 14.8 Å². The lowest BCUT2D eigenvalue weighted by Gasteiger charge is -2.25. The van der Waals surface area contributed by atoms with Crippen LogP contribution in [0, 0.1) is 4.77 Å². The van der Waals surface area contributed by atoms with Crippen LogP contribution in [0.25, 0.3) is 5.69 Å². The van der Waals surface area contributed by atoms with E-state index in [0.717, 1.165) is 5.69 Å². The minimum Gasteiger partial charge on any atom is -0.486 e. The van der Waals surface area contributed by atoms with Crippen LogP contribution in [0.15, 0.2) is 59.8 Å². The number of amides is 1. The largest absolute Gasteiger partial charge is 0.486 e. The van der Waals surface area contributed by atoms with Gasteiger partial charge in [-0.1, -0.05) is 6.07 Å². The van der Waals surface area contributed by atoms with E-state index in [-0.39, 0.29) is 17.3 Å². The smallest absolute Gasteiger partial charge is 0.243 e. The van der Waals surface area contributed by atoms with Crippen molar-refractivity contribution in [2.75, 3.05) is 25.1 Å². The number of nitrogens with zero attached hydrogens (tertiary/aromatic N) is 2. The normalized spacial score (nSPS) is 18.2. The van der Waals surface area contributed by atoms with Gasteiger partial charge in [0, 0.05) is 36.4 Å². The van der Waals surface area contributed by atoms with E-state index >= 15 is 0 Å². The first-order valence-corrected chi connectivity index (χ1v) is 12.4. The molecule has 1 amide bonds. The number of rotatable bonds is 5. The lowest BCUT2D eigenvalue weighted by molar-refractivity contribution is -0.119. The van der Waals surface area contributed by atoms with E-state index in [4.69, 9.17) is 21.7 Å². The molecule has 9 nitrogen and oxygen atoms in total. The third-order valence-corrected chi connectivity index (χ3v) is 7.89. The van der Waals surface area contributed by atoms with Crippen molar-refractivity contribution >= 4 is 33.8 Å². The predicted octanol–water partition coefficient (Wildman–Crippen LogP) is 3.10. The Morgan fingerprint density at radius 3 is 2.73 bits per heavy atom. The average molecular weight is 487 g/mol. The Morgan fingerprint density at radius 2 is 1.94 bits per heavy atom. The molecule has 0 aliphatic carbocycles. The predicted molar refractivity (Wildman–Crippen MR) is 124 cm³/mol. The molecule has 0 bridgehead atoms. The average Bonchev–Trinajstić information content (AvgIpc) is 3.48. The van der Waals surface area contributed by atoms with Crippen molar-refractivity contribution in [3.8, 4) is 17.2 Å². The van der Waals surface area contributed by atoms with Gasteiger partial charge >= 0.3 is 0 Å². The second-order valence-electron chi connectivity index (χ2n) is 7.75. The van der Waals surface area contributed by atoms with Gasteiger partial charge in [-0.25, -0.2) is 8.42 Å². The molecular formula is C22H22N4O5S2. The number of sulfonamides is 1. The second-order valence-corrected chi connectivity index (χ2v) is 10.0. The molecule has 0 radical (unpaired) electrons. The van der Waals surface area contributed by atoms with Crippen molar-refractivity contribution in [2.45, 2.75) is 23.8 Å². The fourth-order valence-electron chi connectivity index (χ4n) is 4.09. The van der Waals surface area contributed by atoms with Crippen molar-refractivity contribution in [1.82, 2.24) is 13.9 Å². The van der Waals surface area contributed by atoms with Gasteiger partial charge < -0.3 is 19.8 Å². The van der Waals surface area contributed by atoms with E-state index in [2.05, 4.69) is 10.3 Å². The molecule has 33 heavy (non-hydrogen) atoms. The summed E-state index contributed by atoms with van der Waals surface area (Å²) in [6.45, 7) is 1.05. The van der Waals surface area contributed by atoms with E-state index in [1.165, 1.54) is 16.4 Å². The third kappa shape index (κ3) is 4.14. The Labute approximate surface area is 196 Å². The number of carbonyl (C=O) groups is 1. The van der Waals surface area contributed by atoms with Crippen molar-refractivity contribution < 1.29 is 22.7 Å². The molecule has 1 aromatic heterocycles. The van der Waals surface area contributed by atoms with Crippen LogP contribution < -0.4 is 14.8 Å². The molecular weight excluding hydrogens is 464 g/mol. The van der Waals surface area contributed by atoms with Crippen molar-refractivity contribution in [3.63, 3.8) is 0 Å². The maximum atomic E-state index is 13.4. The molecule has 1 fully saturated rings. The van der Waals surface area contributed by atoms with Gasteiger partial charge in [-0.2, -0.15) is 4.31 Å². The lowest BCUT2D eigenvalue weighted by atomic mass is 10.2. The summed E-state index contributed by atoms with van der Waals surface area (Å²) in [5.74, 6) is 0.532. The van der Waals surface area contributed by atoms with Crippen LogP contribution in [-0.4, -0.2) is 54.0 Å². The summed E-state index contributed by atoms with van der Waals surface area (Å²) in [6, 6.07) is 10.9. The highest BCUT2D eigenvalue weighted by Crippen LogP contribution is 2.35. The standard InChI is InChI=1S/C22H22N4O5S2/c27-21(24-15-3-1-4-16(13-15)25-10-8-23-22(25)32)18-5-2-9-26(18)33(28,29)17-6-7-19-20(14-17)31-12-11-30-19/h1,3-4,6-8,10,13-14,18H,2,5,9,11-12H2,(H,23,32)(H,24,27)/t18-/m1/s1. The summed E-state index contributed by atoms with van der Waals surface area (Å²) < 4.78 is 41.3. The quantitative estimate of drug-likeness (QED) is 0.537. The van der Waals surface area contributed by atoms with E-state index < -0.39 is 16.1 Å². The number of aromatic amines is 1. The van der Waals surface area contributed by atoms with Gasteiger partial charge in [-0.15, -0.1) is 0 Å². The molecule has 2 N–H and O–H groups in total. The van der Waals surface area contributed by atoms with Gasteiger partial charge in [-0.05, 0) is 55.4 Å². The van der Waals surface area contributed by atoms with E-state index in [1.54, 1.807) is 41.2 Å². The number of imidazole rings is 1. The van der Waals surface area contributed by atoms with Gasteiger partial charge in [-0.3, -0.25) is 9.36 Å². The molecule has 5 rings (SSSR count). The molecule has 1 saturated heterocycles. The monoisotopic (exact) mass is 486 g/mol. The van der Waals surface area contributed by atoms with Crippen LogP contribution in [0.2, 0.25) is 0 Å². The Hall–Kier alpha value is -3.15. The van der Waals surface area contributed by atoms with E-state index in [1.807, 2.05) is 6.07 Å². The summed E-state index contributed by atoms with van der Waals surface area (Å²) in [7, 11) is -3.89. The first kappa shape index (κ1) is 21.7. The zero-order valence-corrected chi connectivity index (χ0v) is 19.2. The molecule has 11 heteroatoms. The molecule has 172 valence electrons. The number of hydrogen-bond donors (Lipinski definition) is 2. The highest BCUT2D eigenvalue weighted by molar-refractivity contribution is 7.89. The number of anilines is 1. The number of ether oxygens (including phenoxy) is 2. The van der Waals surface area contributed by atoms with Gasteiger partial charge in [0.1, 0.15) is 19.3 Å². The molecule has 2 aliphatic heterocycles. The maximum Gasteiger partial charge on any atom is 0.243 e. The molecule has 3 aromatic rings. The first-order valence-electron chi connectivity index (χ1n) is 10.5. The summed E-state index contributed by atoms with van der Waals surface area (Å²) in [6.07, 6.45) is 4.56. The van der Waals surface area contributed by atoms with Gasteiger partial charge in [0.2, 0.25) is 15.9 Å². The van der Waals surface area contributed by atoms with E-state index in [0.29, 0.717) is 48.0 Å². The Morgan fingerprint density at radius 1 is 1.12 bits per heavy atom. The number of carbonyl (C=O) groups excluding carboxylic acids is 1. The minimum absolute atomic E-state index is 0.0790. The first-order chi connectivity index (χ1) is 15.9. The zero-order chi connectivity index (χ0) is 23.0. The van der Waals surface area contributed by atoms with E-state index in [9.17, 15) is 13.2 Å². The number of H-pyrrole nitrogens is 1. The maximum absolute atomic E-state index is 13.4. The summed E-state index contributed by atoms with van der Waals surface area (Å²) in [5.41, 5.74) is 1.34. The number of benzene rings is 2. The van der Waals surface area contributed by atoms with Crippen molar-refractivity contribution in [2.24, 2.45) is 0 Å². The lowest BCUT2D eigenvalue weighted by Crippen LogP contribution is -2.43. The molecule has 1 atom stereocenters. The molecule has 0 saturated carbocycles. The van der Waals surface area contributed by atoms with Crippen molar-refractivity contribution in [1.29, 1.82) is 0 Å². The number of aromatic nitrogens is 2. The summed E-state index contributed by atoms with van der Waals surface area (Å²) >= 11 is 5.26. The number of fused-ring (bicyclic) bond motifs is 1. The van der Waals surface area contributed by atoms with Crippen LogP contribution in [0.5, 0.6) is 11.5 Å². The Bertz CT molecular complexity index is 1360.